The van der Waals surface area contributed by atoms with E-state index in [1.165, 1.54) is 0 Å². The highest BCUT2D eigenvalue weighted by Gasteiger charge is 2.39. The summed E-state index contributed by atoms with van der Waals surface area (Å²) >= 11 is 0. The Morgan fingerprint density at radius 1 is 0.733 bits per heavy atom. The molecule has 0 unspecified atom stereocenters. The number of carbonyl (C=O) groups excluding carboxylic acids is 2. The average molecular weight is 401 g/mol. The van der Waals surface area contributed by atoms with Crippen molar-refractivity contribution >= 4 is 11.8 Å². The van der Waals surface area contributed by atoms with Gasteiger partial charge in [0.2, 0.25) is 5.91 Å². The molecule has 30 heavy (non-hydrogen) atoms. The molecule has 2 amide bonds. The van der Waals surface area contributed by atoms with Crippen LogP contribution in [0.1, 0.15) is 41.8 Å². The van der Waals surface area contributed by atoms with E-state index in [0.717, 1.165) is 11.1 Å². The summed E-state index contributed by atoms with van der Waals surface area (Å²) in [5.74, 6) is -0.211. The zero-order valence-corrected chi connectivity index (χ0v) is 17.5. The summed E-state index contributed by atoms with van der Waals surface area (Å²) in [6.45, 7) is 5.19. The lowest BCUT2D eigenvalue weighted by atomic mass is 9.79. The molecule has 0 aliphatic heterocycles. The van der Waals surface area contributed by atoms with Gasteiger partial charge in [0.1, 0.15) is 0 Å². The second kappa shape index (κ2) is 9.88. The van der Waals surface area contributed by atoms with Crippen LogP contribution in [0.25, 0.3) is 0 Å². The lowest BCUT2D eigenvalue weighted by Gasteiger charge is -2.37. The predicted molar refractivity (Wildman–Crippen MR) is 120 cm³/mol. The van der Waals surface area contributed by atoms with Crippen molar-refractivity contribution in [1.29, 1.82) is 0 Å². The summed E-state index contributed by atoms with van der Waals surface area (Å²) in [6, 6.07) is 28.6. The Bertz CT molecular complexity index is 913. The Hall–Kier alpha value is -3.40. The van der Waals surface area contributed by atoms with Gasteiger partial charge in [-0.25, -0.2) is 0 Å². The van der Waals surface area contributed by atoms with Gasteiger partial charge in [-0.2, -0.15) is 0 Å². The molecule has 0 atom stereocenters. The van der Waals surface area contributed by atoms with E-state index in [-0.39, 0.29) is 18.2 Å². The van der Waals surface area contributed by atoms with Crippen LogP contribution in [-0.2, 0) is 10.3 Å². The summed E-state index contributed by atoms with van der Waals surface area (Å²) in [5.41, 5.74) is 1.33. The maximum atomic E-state index is 13.3. The summed E-state index contributed by atoms with van der Waals surface area (Å²) in [7, 11) is 0. The normalized spacial score (nSPS) is 11.0. The van der Waals surface area contributed by atoms with E-state index in [9.17, 15) is 9.59 Å². The quantitative estimate of drug-likeness (QED) is 0.600. The van der Waals surface area contributed by atoms with Gasteiger partial charge in [0.05, 0.1) is 12.0 Å². The molecule has 4 heteroatoms. The van der Waals surface area contributed by atoms with Gasteiger partial charge in [-0.3, -0.25) is 9.59 Å². The maximum absolute atomic E-state index is 13.3. The number of hydrogen-bond donors (Lipinski definition) is 1. The zero-order valence-electron chi connectivity index (χ0n) is 17.5. The SMILES string of the molecule is CCN(CC)C(=O)CC(NC(=O)c1ccccc1)(c1ccccc1)c1ccccc1. The summed E-state index contributed by atoms with van der Waals surface area (Å²) in [5, 5.41) is 3.23. The van der Waals surface area contributed by atoms with E-state index in [2.05, 4.69) is 5.32 Å². The number of nitrogens with zero attached hydrogens (tertiary/aromatic N) is 1. The fourth-order valence-corrected chi connectivity index (χ4v) is 3.78. The smallest absolute Gasteiger partial charge is 0.252 e. The monoisotopic (exact) mass is 400 g/mol. The van der Waals surface area contributed by atoms with Crippen LogP contribution < -0.4 is 5.32 Å². The number of hydrogen-bond acceptors (Lipinski definition) is 2. The lowest BCUT2D eigenvalue weighted by Crippen LogP contribution is -2.50. The van der Waals surface area contributed by atoms with Gasteiger partial charge in [0, 0.05) is 18.7 Å². The minimum Gasteiger partial charge on any atom is -0.343 e. The second-order valence-corrected chi connectivity index (χ2v) is 7.20. The molecule has 0 bridgehead atoms. The van der Waals surface area contributed by atoms with Crippen molar-refractivity contribution < 1.29 is 9.59 Å². The van der Waals surface area contributed by atoms with Gasteiger partial charge in [-0.15, -0.1) is 0 Å². The van der Waals surface area contributed by atoms with Crippen molar-refractivity contribution in [3.8, 4) is 0 Å². The molecule has 0 aromatic heterocycles. The molecule has 4 nitrogen and oxygen atoms in total. The number of carbonyl (C=O) groups is 2. The number of rotatable bonds is 8. The Balaban J connectivity index is 2.13. The molecule has 0 aliphatic rings. The van der Waals surface area contributed by atoms with Crippen LogP contribution >= 0.6 is 0 Å². The molecule has 0 saturated carbocycles. The fourth-order valence-electron chi connectivity index (χ4n) is 3.78. The first kappa shape index (κ1) is 21.3. The minimum atomic E-state index is -0.977. The third kappa shape index (κ3) is 4.60. The average Bonchev–Trinajstić information content (AvgIpc) is 2.81. The molecule has 0 aliphatic carbocycles. The molecule has 0 saturated heterocycles. The highest BCUT2D eigenvalue weighted by molar-refractivity contribution is 5.95. The van der Waals surface area contributed by atoms with Gasteiger partial charge >= 0.3 is 0 Å². The van der Waals surface area contributed by atoms with Crippen molar-refractivity contribution in [2.75, 3.05) is 13.1 Å². The summed E-state index contributed by atoms with van der Waals surface area (Å²) < 4.78 is 0. The topological polar surface area (TPSA) is 49.4 Å². The Kier molecular flexibility index (Phi) is 7.02. The standard InChI is InChI=1S/C26H28N2O2/c1-3-28(4-2)24(29)20-26(22-16-10-6-11-17-22,23-18-12-7-13-19-23)27-25(30)21-14-8-5-9-15-21/h5-19H,3-4,20H2,1-2H3,(H,27,30). The first-order valence-corrected chi connectivity index (χ1v) is 10.4. The molecule has 3 aromatic rings. The van der Waals surface area contributed by atoms with Crippen LogP contribution in [0.4, 0.5) is 0 Å². The van der Waals surface area contributed by atoms with Crippen LogP contribution in [0.5, 0.6) is 0 Å². The van der Waals surface area contributed by atoms with Crippen LogP contribution in [0.15, 0.2) is 91.0 Å². The van der Waals surface area contributed by atoms with E-state index in [0.29, 0.717) is 18.7 Å². The number of benzene rings is 3. The van der Waals surface area contributed by atoms with Crippen molar-refractivity contribution in [2.24, 2.45) is 0 Å². The van der Waals surface area contributed by atoms with Gasteiger partial charge in [0.25, 0.3) is 5.91 Å². The molecular formula is C26H28N2O2. The van der Waals surface area contributed by atoms with Crippen molar-refractivity contribution in [3.63, 3.8) is 0 Å². The maximum Gasteiger partial charge on any atom is 0.252 e. The van der Waals surface area contributed by atoms with E-state index >= 15 is 0 Å². The van der Waals surface area contributed by atoms with E-state index in [4.69, 9.17) is 0 Å². The lowest BCUT2D eigenvalue weighted by molar-refractivity contribution is -0.132. The molecule has 3 rings (SSSR count). The van der Waals surface area contributed by atoms with Gasteiger partial charge in [-0.1, -0.05) is 78.9 Å². The molecular weight excluding hydrogens is 372 g/mol. The number of amides is 2. The van der Waals surface area contributed by atoms with Gasteiger partial charge in [0.15, 0.2) is 0 Å². The molecule has 0 heterocycles. The first-order valence-electron chi connectivity index (χ1n) is 10.4. The van der Waals surface area contributed by atoms with Gasteiger partial charge < -0.3 is 10.2 Å². The number of nitrogens with one attached hydrogen (secondary N) is 1. The zero-order chi connectivity index (χ0) is 21.4. The minimum absolute atomic E-state index is 0.000989. The van der Waals surface area contributed by atoms with Crippen LogP contribution in [0.3, 0.4) is 0 Å². The van der Waals surface area contributed by atoms with E-state index < -0.39 is 5.54 Å². The Labute approximate surface area is 178 Å². The third-order valence-electron chi connectivity index (χ3n) is 5.43. The molecule has 154 valence electrons. The van der Waals surface area contributed by atoms with Crippen molar-refractivity contribution in [2.45, 2.75) is 25.8 Å². The molecule has 0 radical (unpaired) electrons. The van der Waals surface area contributed by atoms with E-state index in [1.807, 2.05) is 92.7 Å². The van der Waals surface area contributed by atoms with E-state index in [1.54, 1.807) is 17.0 Å². The van der Waals surface area contributed by atoms with Crippen molar-refractivity contribution in [3.05, 3.63) is 108 Å². The highest BCUT2D eigenvalue weighted by Crippen LogP contribution is 2.34. The molecule has 3 aromatic carbocycles. The Morgan fingerprint density at radius 3 is 1.60 bits per heavy atom. The fraction of sp³-hybridized carbons (Fsp3) is 0.231. The Morgan fingerprint density at radius 2 is 1.17 bits per heavy atom. The van der Waals surface area contributed by atoms with Gasteiger partial charge in [-0.05, 0) is 37.1 Å². The van der Waals surface area contributed by atoms with Crippen molar-refractivity contribution in [1.82, 2.24) is 10.2 Å². The molecule has 0 spiro atoms. The summed E-state index contributed by atoms with van der Waals surface area (Å²) in [4.78, 5) is 28.3. The highest BCUT2D eigenvalue weighted by atomic mass is 16.2. The molecule has 1 N–H and O–H groups in total. The largest absolute Gasteiger partial charge is 0.343 e. The first-order chi connectivity index (χ1) is 14.6. The second-order valence-electron chi connectivity index (χ2n) is 7.20. The van der Waals surface area contributed by atoms with Crippen LogP contribution in [0.2, 0.25) is 0 Å². The van der Waals surface area contributed by atoms with Crippen LogP contribution in [0, 0.1) is 0 Å². The van der Waals surface area contributed by atoms with Crippen LogP contribution in [-0.4, -0.2) is 29.8 Å². The summed E-state index contributed by atoms with van der Waals surface area (Å²) in [6.07, 6.45) is 0.140. The predicted octanol–water partition coefficient (Wildman–Crippen LogP) is 4.62. The third-order valence-corrected chi connectivity index (χ3v) is 5.43. The molecule has 0 fully saturated rings.